The van der Waals surface area contributed by atoms with Gasteiger partial charge in [0.25, 0.3) is 0 Å². The standard InChI is InChI=1S/C13H15ClN3O3/c1-7-5-10(14)9(3)17(20)12(7)16-11(18)6-8(2)15(4)13(16)19/h5-6,20H,1-4H3/q+1. The Balaban J connectivity index is 2.98. The first kappa shape index (κ1) is 14.3. The molecule has 0 aliphatic rings. The molecule has 0 bridgehead atoms. The summed E-state index contributed by atoms with van der Waals surface area (Å²) in [5, 5.41) is 10.5. The molecule has 0 aromatic carbocycles. The van der Waals surface area contributed by atoms with Gasteiger partial charge in [0.2, 0.25) is 0 Å². The van der Waals surface area contributed by atoms with Gasteiger partial charge in [-0.3, -0.25) is 4.57 Å². The summed E-state index contributed by atoms with van der Waals surface area (Å²) < 4.78 is 3.02. The third-order valence-electron chi connectivity index (χ3n) is 3.33. The molecule has 0 saturated heterocycles. The molecule has 1 N–H and O–H groups in total. The lowest BCUT2D eigenvalue weighted by molar-refractivity contribution is -0.903. The fraction of sp³-hybridized carbons (Fsp3) is 0.308. The number of hydrogen-bond acceptors (Lipinski definition) is 3. The maximum atomic E-state index is 12.3. The van der Waals surface area contributed by atoms with Crippen molar-refractivity contribution in [3.63, 3.8) is 0 Å². The van der Waals surface area contributed by atoms with Crippen molar-refractivity contribution in [1.29, 1.82) is 0 Å². The first-order chi connectivity index (χ1) is 9.25. The lowest BCUT2D eigenvalue weighted by Crippen LogP contribution is -2.48. The van der Waals surface area contributed by atoms with Gasteiger partial charge in [-0.05, 0) is 24.6 Å². The third kappa shape index (κ3) is 2.02. The Labute approximate surface area is 120 Å². The Bertz CT molecular complexity index is 821. The molecule has 0 unspecified atom stereocenters. The van der Waals surface area contributed by atoms with E-state index >= 15 is 0 Å². The van der Waals surface area contributed by atoms with Gasteiger partial charge in [-0.25, -0.2) is 9.59 Å². The average Bonchev–Trinajstić information content (AvgIpc) is 2.37. The van der Waals surface area contributed by atoms with Crippen LogP contribution < -0.4 is 16.0 Å². The third-order valence-corrected chi connectivity index (χ3v) is 3.71. The van der Waals surface area contributed by atoms with Crippen LogP contribution in [-0.4, -0.2) is 14.3 Å². The van der Waals surface area contributed by atoms with Gasteiger partial charge in [0.15, 0.2) is 5.69 Å². The maximum Gasteiger partial charge on any atom is 0.423 e. The Morgan fingerprint density at radius 1 is 1.20 bits per heavy atom. The molecule has 0 aliphatic heterocycles. The maximum absolute atomic E-state index is 12.3. The number of aryl methyl sites for hydroxylation is 2. The molecule has 7 heteroatoms. The van der Waals surface area contributed by atoms with Crippen molar-refractivity contribution in [2.75, 3.05) is 0 Å². The van der Waals surface area contributed by atoms with Gasteiger partial charge in [0.05, 0.1) is 5.02 Å². The Hall–Kier alpha value is -2.08. The van der Waals surface area contributed by atoms with Gasteiger partial charge in [-0.2, -0.15) is 0 Å². The number of hydrogen-bond donors (Lipinski definition) is 1. The summed E-state index contributed by atoms with van der Waals surface area (Å²) in [6.07, 6.45) is 0. The second-order valence-electron chi connectivity index (χ2n) is 4.70. The summed E-state index contributed by atoms with van der Waals surface area (Å²) in [5.74, 6) is 0.0949. The van der Waals surface area contributed by atoms with Crippen molar-refractivity contribution in [1.82, 2.24) is 9.13 Å². The fourth-order valence-electron chi connectivity index (χ4n) is 1.99. The number of halogens is 1. The predicted octanol–water partition coefficient (Wildman–Crippen LogP) is 0.640. The molecule has 2 aromatic rings. The molecule has 0 spiro atoms. The van der Waals surface area contributed by atoms with Gasteiger partial charge in [-0.1, -0.05) is 11.6 Å². The zero-order chi connectivity index (χ0) is 15.2. The van der Waals surface area contributed by atoms with Crippen molar-refractivity contribution < 1.29 is 9.94 Å². The van der Waals surface area contributed by atoms with E-state index in [4.69, 9.17) is 11.6 Å². The smallest absolute Gasteiger partial charge is 0.349 e. The van der Waals surface area contributed by atoms with Crippen LogP contribution >= 0.6 is 11.6 Å². The van der Waals surface area contributed by atoms with Crippen LogP contribution in [-0.2, 0) is 7.05 Å². The molecule has 20 heavy (non-hydrogen) atoms. The molecule has 0 aliphatic carbocycles. The van der Waals surface area contributed by atoms with E-state index in [1.54, 1.807) is 33.9 Å². The van der Waals surface area contributed by atoms with E-state index in [0.717, 1.165) is 9.30 Å². The van der Waals surface area contributed by atoms with Crippen molar-refractivity contribution in [2.45, 2.75) is 20.8 Å². The van der Waals surface area contributed by atoms with Crippen LogP contribution in [0.1, 0.15) is 17.0 Å². The molecule has 0 fully saturated rings. The molecule has 0 atom stereocenters. The number of pyridine rings is 1. The average molecular weight is 297 g/mol. The topological polar surface area (TPSA) is 68.1 Å². The highest BCUT2D eigenvalue weighted by molar-refractivity contribution is 6.31. The Kier molecular flexibility index (Phi) is 3.43. The van der Waals surface area contributed by atoms with Crippen LogP contribution in [0.5, 0.6) is 0 Å². The minimum Gasteiger partial charge on any atom is -0.349 e. The van der Waals surface area contributed by atoms with E-state index < -0.39 is 11.2 Å². The summed E-state index contributed by atoms with van der Waals surface area (Å²) in [6.45, 7) is 4.92. The molecule has 0 amide bonds. The molecular weight excluding hydrogens is 282 g/mol. The van der Waals surface area contributed by atoms with Gasteiger partial charge >= 0.3 is 17.1 Å². The second kappa shape index (κ2) is 4.79. The fourth-order valence-corrected chi connectivity index (χ4v) is 2.23. The van der Waals surface area contributed by atoms with E-state index in [9.17, 15) is 14.8 Å². The monoisotopic (exact) mass is 296 g/mol. The molecule has 2 aromatic heterocycles. The molecule has 2 rings (SSSR count). The zero-order valence-corrected chi connectivity index (χ0v) is 12.4. The number of nitrogens with zero attached hydrogens (tertiary/aromatic N) is 3. The summed E-state index contributed by atoms with van der Waals surface area (Å²) in [6, 6.07) is 2.94. The van der Waals surface area contributed by atoms with Crippen LogP contribution in [0.3, 0.4) is 0 Å². The zero-order valence-electron chi connectivity index (χ0n) is 11.6. The lowest BCUT2D eigenvalue weighted by Gasteiger charge is -2.08. The highest BCUT2D eigenvalue weighted by Crippen LogP contribution is 2.16. The first-order valence-corrected chi connectivity index (χ1v) is 6.34. The van der Waals surface area contributed by atoms with E-state index in [1.165, 1.54) is 10.6 Å². The number of rotatable bonds is 1. The van der Waals surface area contributed by atoms with E-state index in [0.29, 0.717) is 22.0 Å². The van der Waals surface area contributed by atoms with Crippen LogP contribution in [0, 0.1) is 20.8 Å². The lowest BCUT2D eigenvalue weighted by atomic mass is 10.2. The Morgan fingerprint density at radius 2 is 1.80 bits per heavy atom. The molecule has 6 nitrogen and oxygen atoms in total. The van der Waals surface area contributed by atoms with E-state index in [-0.39, 0.29) is 5.82 Å². The van der Waals surface area contributed by atoms with Gasteiger partial charge in [-0.15, -0.1) is 4.57 Å². The molecule has 0 radical (unpaired) electrons. The first-order valence-electron chi connectivity index (χ1n) is 5.96. The minimum absolute atomic E-state index is 0.0949. The summed E-state index contributed by atoms with van der Waals surface area (Å²) in [4.78, 5) is 24.4. The van der Waals surface area contributed by atoms with Gasteiger partial charge in [0, 0.05) is 31.3 Å². The van der Waals surface area contributed by atoms with Crippen molar-refractivity contribution in [2.24, 2.45) is 7.05 Å². The highest BCUT2D eigenvalue weighted by atomic mass is 35.5. The minimum atomic E-state index is -0.525. The van der Waals surface area contributed by atoms with E-state index in [2.05, 4.69) is 0 Å². The SMILES string of the molecule is Cc1cc(Cl)c(C)[n+](O)c1-n1c(=O)cc(C)n(C)c1=O. The molecule has 106 valence electrons. The van der Waals surface area contributed by atoms with Gasteiger partial charge in [0.1, 0.15) is 0 Å². The van der Waals surface area contributed by atoms with Crippen molar-refractivity contribution >= 4 is 11.6 Å². The van der Waals surface area contributed by atoms with Crippen LogP contribution in [0.25, 0.3) is 5.82 Å². The van der Waals surface area contributed by atoms with Crippen molar-refractivity contribution in [3.05, 3.63) is 54.9 Å². The molecule has 2 heterocycles. The van der Waals surface area contributed by atoms with E-state index in [1.807, 2.05) is 0 Å². The normalized spacial score (nSPS) is 10.8. The number of aromatic nitrogens is 3. The Morgan fingerprint density at radius 3 is 2.40 bits per heavy atom. The highest BCUT2D eigenvalue weighted by Gasteiger charge is 2.25. The summed E-state index contributed by atoms with van der Waals surface area (Å²) >= 11 is 5.96. The van der Waals surface area contributed by atoms with Crippen LogP contribution in [0.15, 0.2) is 21.7 Å². The summed E-state index contributed by atoms with van der Waals surface area (Å²) in [7, 11) is 1.56. The molecular formula is C13H15ClN3O3+. The van der Waals surface area contributed by atoms with Crippen LogP contribution in [0.2, 0.25) is 5.02 Å². The molecule has 0 saturated carbocycles. The quantitative estimate of drug-likeness (QED) is 0.620. The second-order valence-corrected chi connectivity index (χ2v) is 5.10. The van der Waals surface area contributed by atoms with Crippen LogP contribution in [0.4, 0.5) is 0 Å². The van der Waals surface area contributed by atoms with Crippen molar-refractivity contribution in [3.8, 4) is 5.82 Å². The predicted molar refractivity (Wildman–Crippen MR) is 73.9 cm³/mol. The summed E-state index contributed by atoms with van der Waals surface area (Å²) in [5.41, 5.74) is 0.387. The van der Waals surface area contributed by atoms with Gasteiger partial charge < -0.3 is 5.21 Å². The largest absolute Gasteiger partial charge is 0.423 e.